The van der Waals surface area contributed by atoms with E-state index < -0.39 is 5.97 Å². The molecule has 2 aromatic rings. The van der Waals surface area contributed by atoms with Gasteiger partial charge in [0.1, 0.15) is 6.54 Å². The summed E-state index contributed by atoms with van der Waals surface area (Å²) in [6, 6.07) is 7.71. The molecule has 0 unspecified atom stereocenters. The van der Waals surface area contributed by atoms with Crippen LogP contribution in [0.25, 0.3) is 10.9 Å². The number of rotatable bonds is 6. The Morgan fingerprint density at radius 1 is 1.33 bits per heavy atom. The summed E-state index contributed by atoms with van der Waals surface area (Å²) >= 11 is 0. The van der Waals surface area contributed by atoms with Gasteiger partial charge < -0.3 is 20.1 Å². The van der Waals surface area contributed by atoms with Crippen molar-refractivity contribution in [1.29, 1.82) is 0 Å². The van der Waals surface area contributed by atoms with Gasteiger partial charge in [-0.05, 0) is 11.6 Å². The van der Waals surface area contributed by atoms with E-state index in [1.807, 2.05) is 30.5 Å². The quantitative estimate of drug-likeness (QED) is 0.661. The number of hydrogen-bond donors (Lipinski definition) is 3. The van der Waals surface area contributed by atoms with Crippen LogP contribution in [0.4, 0.5) is 0 Å². The zero-order valence-electron chi connectivity index (χ0n) is 9.97. The van der Waals surface area contributed by atoms with Gasteiger partial charge in [0.2, 0.25) is 0 Å². The number of carboxylic acids is 1. The molecule has 1 aromatic carbocycles. The number of para-hydroxylation sites is 1. The first-order valence-electron chi connectivity index (χ1n) is 5.82. The van der Waals surface area contributed by atoms with Gasteiger partial charge in [-0.15, -0.1) is 0 Å². The minimum Gasteiger partial charge on any atom is -0.480 e. The Bertz CT molecular complexity index is 548. The van der Waals surface area contributed by atoms with Crippen molar-refractivity contribution >= 4 is 16.9 Å². The molecule has 0 radical (unpaired) electrons. The van der Waals surface area contributed by atoms with Crippen LogP contribution in [0.15, 0.2) is 30.5 Å². The lowest BCUT2D eigenvalue weighted by Crippen LogP contribution is -2.17. The first-order chi connectivity index (χ1) is 8.72. The average molecular weight is 248 g/mol. The molecule has 0 saturated heterocycles. The van der Waals surface area contributed by atoms with E-state index in [9.17, 15) is 4.79 Å². The van der Waals surface area contributed by atoms with Crippen molar-refractivity contribution in [3.05, 3.63) is 36.0 Å². The average Bonchev–Trinajstić information content (AvgIpc) is 2.68. The maximum absolute atomic E-state index is 10.8. The molecule has 0 fully saturated rings. The van der Waals surface area contributed by atoms with Crippen LogP contribution in [0.1, 0.15) is 5.56 Å². The van der Waals surface area contributed by atoms with Crippen LogP contribution in [0, 0.1) is 0 Å². The minimum atomic E-state index is -0.856. The van der Waals surface area contributed by atoms with Gasteiger partial charge in [0.05, 0.1) is 6.61 Å². The Kier molecular flexibility index (Phi) is 3.96. The van der Waals surface area contributed by atoms with Gasteiger partial charge in [0, 0.05) is 30.2 Å². The lowest BCUT2D eigenvalue weighted by atomic mass is 10.2. The molecular weight excluding hydrogens is 232 g/mol. The standard InChI is InChI=1S/C13H16N2O3/c16-6-5-14-7-10-8-15(9-13(17)18)12-4-2-1-3-11(10)12/h1-4,8,14,16H,5-7,9H2,(H,17,18). The van der Waals surface area contributed by atoms with Crippen molar-refractivity contribution in [2.24, 2.45) is 0 Å². The normalized spacial score (nSPS) is 10.9. The molecule has 2 rings (SSSR count). The number of nitrogens with one attached hydrogen (secondary N) is 1. The van der Waals surface area contributed by atoms with Crippen molar-refractivity contribution in [3.63, 3.8) is 0 Å². The van der Waals surface area contributed by atoms with Gasteiger partial charge in [-0.2, -0.15) is 0 Å². The maximum Gasteiger partial charge on any atom is 0.323 e. The van der Waals surface area contributed by atoms with E-state index in [1.54, 1.807) is 4.57 Å². The van der Waals surface area contributed by atoms with E-state index >= 15 is 0 Å². The Morgan fingerprint density at radius 2 is 2.11 bits per heavy atom. The number of aliphatic hydroxyl groups excluding tert-OH is 1. The summed E-state index contributed by atoms with van der Waals surface area (Å²) in [4.78, 5) is 10.8. The third-order valence-electron chi connectivity index (χ3n) is 2.78. The topological polar surface area (TPSA) is 74.5 Å². The molecule has 0 aliphatic heterocycles. The number of nitrogens with zero attached hydrogens (tertiary/aromatic N) is 1. The fourth-order valence-corrected chi connectivity index (χ4v) is 2.04. The van der Waals surface area contributed by atoms with E-state index in [1.165, 1.54) is 0 Å². The fourth-order valence-electron chi connectivity index (χ4n) is 2.04. The van der Waals surface area contributed by atoms with E-state index in [0.717, 1.165) is 16.5 Å². The van der Waals surface area contributed by atoms with Crippen molar-refractivity contribution < 1.29 is 15.0 Å². The molecule has 0 spiro atoms. The molecule has 0 aliphatic rings. The third kappa shape index (κ3) is 2.69. The molecule has 0 saturated carbocycles. The van der Waals surface area contributed by atoms with Crippen LogP contribution in [-0.4, -0.2) is 33.9 Å². The van der Waals surface area contributed by atoms with E-state index in [-0.39, 0.29) is 13.2 Å². The SMILES string of the molecule is O=C(O)Cn1cc(CNCCO)c2ccccc21. The predicted octanol–water partition coefficient (Wildman–Crippen LogP) is 0.808. The second-order valence-corrected chi connectivity index (χ2v) is 4.09. The van der Waals surface area contributed by atoms with Crippen molar-refractivity contribution in [3.8, 4) is 0 Å². The second-order valence-electron chi connectivity index (χ2n) is 4.09. The van der Waals surface area contributed by atoms with Gasteiger partial charge in [-0.1, -0.05) is 18.2 Å². The summed E-state index contributed by atoms with van der Waals surface area (Å²) in [7, 11) is 0. The van der Waals surface area contributed by atoms with Crippen molar-refractivity contribution in [1.82, 2.24) is 9.88 Å². The molecule has 1 aromatic heterocycles. The summed E-state index contributed by atoms with van der Waals surface area (Å²) in [5.74, 6) is -0.856. The highest BCUT2D eigenvalue weighted by atomic mass is 16.4. The van der Waals surface area contributed by atoms with E-state index in [2.05, 4.69) is 5.32 Å². The zero-order chi connectivity index (χ0) is 13.0. The number of aromatic nitrogens is 1. The molecular formula is C13H16N2O3. The first-order valence-corrected chi connectivity index (χ1v) is 5.82. The lowest BCUT2D eigenvalue weighted by molar-refractivity contribution is -0.137. The number of fused-ring (bicyclic) bond motifs is 1. The van der Waals surface area contributed by atoms with Gasteiger partial charge in [-0.3, -0.25) is 4.79 Å². The summed E-state index contributed by atoms with van der Waals surface area (Å²) in [6.45, 7) is 1.19. The molecule has 96 valence electrons. The van der Waals surface area contributed by atoms with Gasteiger partial charge in [0.25, 0.3) is 0 Å². The van der Waals surface area contributed by atoms with Crippen LogP contribution in [-0.2, 0) is 17.9 Å². The molecule has 0 atom stereocenters. The Labute approximate surface area is 105 Å². The van der Waals surface area contributed by atoms with Crippen molar-refractivity contribution in [2.45, 2.75) is 13.1 Å². The monoisotopic (exact) mass is 248 g/mol. The Hall–Kier alpha value is -1.85. The van der Waals surface area contributed by atoms with Crippen molar-refractivity contribution in [2.75, 3.05) is 13.2 Å². The highest BCUT2D eigenvalue weighted by Crippen LogP contribution is 2.21. The lowest BCUT2D eigenvalue weighted by Gasteiger charge is -2.00. The van der Waals surface area contributed by atoms with Gasteiger partial charge in [0.15, 0.2) is 0 Å². The molecule has 0 bridgehead atoms. The Balaban J connectivity index is 2.31. The number of carbonyl (C=O) groups is 1. The van der Waals surface area contributed by atoms with E-state index in [4.69, 9.17) is 10.2 Å². The minimum absolute atomic E-state index is 0.0412. The smallest absolute Gasteiger partial charge is 0.323 e. The van der Waals surface area contributed by atoms with Gasteiger partial charge in [-0.25, -0.2) is 0 Å². The number of carboxylic acid groups (broad SMARTS) is 1. The maximum atomic E-state index is 10.8. The highest BCUT2D eigenvalue weighted by molar-refractivity contribution is 5.85. The summed E-state index contributed by atoms with van der Waals surface area (Å²) in [5.41, 5.74) is 1.96. The Morgan fingerprint density at radius 3 is 2.83 bits per heavy atom. The fraction of sp³-hybridized carbons (Fsp3) is 0.308. The zero-order valence-corrected chi connectivity index (χ0v) is 9.97. The van der Waals surface area contributed by atoms with Crippen LogP contribution < -0.4 is 5.32 Å². The number of hydrogen-bond acceptors (Lipinski definition) is 3. The predicted molar refractivity (Wildman–Crippen MR) is 68.4 cm³/mol. The highest BCUT2D eigenvalue weighted by Gasteiger charge is 2.09. The van der Waals surface area contributed by atoms with Crippen LogP contribution in [0.5, 0.6) is 0 Å². The largest absolute Gasteiger partial charge is 0.480 e. The molecule has 0 amide bonds. The van der Waals surface area contributed by atoms with Crippen LogP contribution >= 0.6 is 0 Å². The molecule has 5 heteroatoms. The summed E-state index contributed by atoms with van der Waals surface area (Å²) in [6.07, 6.45) is 1.85. The molecule has 1 heterocycles. The molecule has 5 nitrogen and oxygen atoms in total. The van der Waals surface area contributed by atoms with Crippen LogP contribution in [0.3, 0.4) is 0 Å². The van der Waals surface area contributed by atoms with Gasteiger partial charge >= 0.3 is 5.97 Å². The number of aliphatic carboxylic acids is 1. The molecule has 18 heavy (non-hydrogen) atoms. The second kappa shape index (κ2) is 5.66. The summed E-state index contributed by atoms with van der Waals surface area (Å²) < 4.78 is 1.73. The molecule has 3 N–H and O–H groups in total. The third-order valence-corrected chi connectivity index (χ3v) is 2.78. The number of benzene rings is 1. The first kappa shape index (κ1) is 12.6. The van der Waals surface area contributed by atoms with Crippen LogP contribution in [0.2, 0.25) is 0 Å². The summed E-state index contributed by atoms with van der Waals surface area (Å²) in [5, 5.41) is 21.8. The van der Waals surface area contributed by atoms with E-state index in [0.29, 0.717) is 13.1 Å². The number of aliphatic hydroxyl groups is 1. The molecule has 0 aliphatic carbocycles.